The van der Waals surface area contributed by atoms with Gasteiger partial charge in [0.05, 0.1) is 19.8 Å². The largest absolute Gasteiger partial charge is 0.381 e. The summed E-state index contributed by atoms with van der Waals surface area (Å²) in [7, 11) is 5.55. The van der Waals surface area contributed by atoms with E-state index >= 15 is 0 Å². The second kappa shape index (κ2) is 13.9. The lowest BCUT2D eigenvalue weighted by Gasteiger charge is -2.31. The van der Waals surface area contributed by atoms with E-state index in [2.05, 4.69) is 39.7 Å². The third-order valence-corrected chi connectivity index (χ3v) is 5.70. The molecule has 0 aliphatic carbocycles. The van der Waals surface area contributed by atoms with Crippen LogP contribution in [0.1, 0.15) is 19.3 Å². The van der Waals surface area contributed by atoms with Crippen molar-refractivity contribution in [1.82, 2.24) is 15.5 Å². The average molecular weight is 575 g/mol. The highest BCUT2D eigenvalue weighted by Crippen LogP contribution is 2.32. The summed E-state index contributed by atoms with van der Waals surface area (Å²) >= 11 is 0. The summed E-state index contributed by atoms with van der Waals surface area (Å²) in [5.74, 6) is 0.0636. The fraction of sp³-hybridized carbons (Fsp3) is 0.652. The van der Waals surface area contributed by atoms with E-state index in [1.54, 1.807) is 19.0 Å². The Balaban J connectivity index is 0.00000385. The van der Waals surface area contributed by atoms with Gasteiger partial charge in [0.1, 0.15) is 12.6 Å². The molecule has 0 aromatic heterocycles. The van der Waals surface area contributed by atoms with Gasteiger partial charge in [-0.05, 0) is 18.6 Å². The molecule has 186 valence electrons. The molecule has 1 amide bonds. The molecule has 10 heteroatoms. The van der Waals surface area contributed by atoms with Crippen molar-refractivity contribution in [3.63, 3.8) is 0 Å². The predicted octanol–water partition coefficient (Wildman–Crippen LogP) is 1.68. The molecule has 2 fully saturated rings. The zero-order valence-corrected chi connectivity index (χ0v) is 22.2. The first-order valence-corrected chi connectivity index (χ1v) is 11.4. The Morgan fingerprint density at radius 1 is 1.15 bits per heavy atom. The topological polar surface area (TPSA) is 87.7 Å². The zero-order chi connectivity index (χ0) is 22.8. The molecule has 33 heavy (non-hydrogen) atoms. The summed E-state index contributed by atoms with van der Waals surface area (Å²) in [4.78, 5) is 20.2. The Morgan fingerprint density at radius 2 is 1.88 bits per heavy atom. The molecule has 1 spiro atoms. The van der Waals surface area contributed by atoms with Crippen molar-refractivity contribution in [1.29, 1.82) is 0 Å². The lowest BCUT2D eigenvalue weighted by atomic mass is 10.1. The molecule has 2 heterocycles. The van der Waals surface area contributed by atoms with Crippen LogP contribution >= 0.6 is 24.0 Å². The molecule has 2 aliphatic rings. The third kappa shape index (κ3) is 8.91. The lowest BCUT2D eigenvalue weighted by molar-refractivity contribution is -0.210. The van der Waals surface area contributed by atoms with Crippen LogP contribution in [0.3, 0.4) is 0 Å². The van der Waals surface area contributed by atoms with Gasteiger partial charge in [-0.3, -0.25) is 4.79 Å². The number of benzene rings is 1. The highest BCUT2D eigenvalue weighted by Gasteiger charge is 2.42. The number of guanidine groups is 1. The molecule has 1 atom stereocenters. The first-order chi connectivity index (χ1) is 15.5. The van der Waals surface area contributed by atoms with Gasteiger partial charge in [0.15, 0.2) is 11.7 Å². The van der Waals surface area contributed by atoms with Crippen LogP contribution < -0.4 is 15.5 Å². The van der Waals surface area contributed by atoms with E-state index in [0.29, 0.717) is 32.3 Å². The van der Waals surface area contributed by atoms with Crippen LogP contribution in [0.4, 0.5) is 5.69 Å². The van der Waals surface area contributed by atoms with Crippen LogP contribution in [-0.4, -0.2) is 95.8 Å². The minimum absolute atomic E-state index is 0. The minimum Gasteiger partial charge on any atom is -0.381 e. The van der Waals surface area contributed by atoms with Gasteiger partial charge >= 0.3 is 0 Å². The number of rotatable bonds is 9. The highest BCUT2D eigenvalue weighted by molar-refractivity contribution is 14.0. The van der Waals surface area contributed by atoms with Gasteiger partial charge in [-0.2, -0.15) is 0 Å². The number of amides is 1. The van der Waals surface area contributed by atoms with Gasteiger partial charge in [-0.25, -0.2) is 4.99 Å². The molecule has 2 saturated heterocycles. The van der Waals surface area contributed by atoms with Crippen LogP contribution in [0, 0.1) is 0 Å². The van der Waals surface area contributed by atoms with Crippen molar-refractivity contribution in [2.24, 2.45) is 4.99 Å². The average Bonchev–Trinajstić information content (AvgIpc) is 3.20. The Labute approximate surface area is 214 Å². The summed E-state index contributed by atoms with van der Waals surface area (Å²) in [5, 5.41) is 6.66. The van der Waals surface area contributed by atoms with Gasteiger partial charge in [0, 0.05) is 59.3 Å². The van der Waals surface area contributed by atoms with Crippen molar-refractivity contribution >= 4 is 41.5 Å². The van der Waals surface area contributed by atoms with Gasteiger partial charge in [-0.1, -0.05) is 18.2 Å². The molecular weight excluding hydrogens is 537 g/mol. The lowest BCUT2D eigenvalue weighted by Crippen LogP contribution is -2.44. The van der Waals surface area contributed by atoms with E-state index in [0.717, 1.165) is 32.4 Å². The standard InChI is InChI=1S/C23H37N5O4.HI/c1-27(2)21(29)17-26-22(24-12-7-13-28(3)19-8-5-4-6-9-19)25-16-20-18-31-23(32-20)10-14-30-15-11-23;/h4-6,8-9,20H,7,10-18H2,1-3H3,(H2,24,25,26);1H. The van der Waals surface area contributed by atoms with E-state index in [9.17, 15) is 4.79 Å². The number of ether oxygens (including phenoxy) is 3. The summed E-state index contributed by atoms with van der Waals surface area (Å²) in [6, 6.07) is 10.3. The first kappa shape index (κ1) is 27.6. The van der Waals surface area contributed by atoms with E-state index < -0.39 is 5.79 Å². The predicted molar refractivity (Wildman–Crippen MR) is 140 cm³/mol. The molecule has 1 aromatic carbocycles. The monoisotopic (exact) mass is 575 g/mol. The van der Waals surface area contributed by atoms with Crippen molar-refractivity contribution in [3.8, 4) is 0 Å². The molecule has 0 saturated carbocycles. The Kier molecular flexibility index (Phi) is 11.7. The van der Waals surface area contributed by atoms with Gasteiger partial charge in [0.25, 0.3) is 0 Å². The first-order valence-electron chi connectivity index (χ1n) is 11.4. The summed E-state index contributed by atoms with van der Waals surface area (Å²) < 4.78 is 17.6. The van der Waals surface area contributed by atoms with Gasteiger partial charge in [0.2, 0.25) is 5.91 Å². The number of anilines is 1. The van der Waals surface area contributed by atoms with Crippen LogP contribution in [-0.2, 0) is 19.0 Å². The smallest absolute Gasteiger partial charge is 0.243 e. The van der Waals surface area contributed by atoms with E-state index in [1.165, 1.54) is 5.69 Å². The van der Waals surface area contributed by atoms with E-state index in [4.69, 9.17) is 14.2 Å². The van der Waals surface area contributed by atoms with Crippen LogP contribution in [0.25, 0.3) is 0 Å². The highest BCUT2D eigenvalue weighted by atomic mass is 127. The van der Waals surface area contributed by atoms with Crippen molar-refractivity contribution in [2.45, 2.75) is 31.2 Å². The van der Waals surface area contributed by atoms with E-state index in [1.807, 2.05) is 18.2 Å². The van der Waals surface area contributed by atoms with Gasteiger partial charge < -0.3 is 34.6 Å². The quantitative estimate of drug-likeness (QED) is 0.201. The Bertz CT molecular complexity index is 744. The van der Waals surface area contributed by atoms with Crippen molar-refractivity contribution < 1.29 is 19.0 Å². The number of aliphatic imine (C=N–C) groups is 1. The van der Waals surface area contributed by atoms with Crippen molar-refractivity contribution in [3.05, 3.63) is 30.3 Å². The second-order valence-electron chi connectivity index (χ2n) is 8.45. The third-order valence-electron chi connectivity index (χ3n) is 5.70. The number of carbonyl (C=O) groups excluding carboxylic acids is 1. The SMILES string of the molecule is CN(C)C(=O)CN=C(NCCCN(C)c1ccccc1)NCC1COC2(CCOCC2)O1.I. The fourth-order valence-corrected chi connectivity index (χ4v) is 3.67. The number of para-hydroxylation sites is 1. The number of halogens is 1. The van der Waals surface area contributed by atoms with Crippen LogP contribution in [0.5, 0.6) is 0 Å². The maximum absolute atomic E-state index is 12.0. The maximum atomic E-state index is 12.0. The molecule has 0 bridgehead atoms. The Hall–Kier alpha value is -1.63. The second-order valence-corrected chi connectivity index (χ2v) is 8.45. The number of nitrogens with zero attached hydrogens (tertiary/aromatic N) is 3. The summed E-state index contributed by atoms with van der Waals surface area (Å²) in [6.45, 7) is 4.17. The number of carbonyl (C=O) groups is 1. The molecule has 1 unspecified atom stereocenters. The number of nitrogens with one attached hydrogen (secondary N) is 2. The normalized spacial score (nSPS) is 19.6. The molecule has 0 radical (unpaired) electrons. The molecular formula is C23H38IN5O4. The molecule has 1 aromatic rings. The molecule has 2 N–H and O–H groups in total. The number of hydrogen-bond donors (Lipinski definition) is 2. The number of hydrogen-bond acceptors (Lipinski definition) is 6. The Morgan fingerprint density at radius 3 is 2.58 bits per heavy atom. The van der Waals surface area contributed by atoms with Crippen molar-refractivity contribution in [2.75, 3.05) is 72.0 Å². The molecule has 3 rings (SSSR count). The molecule has 9 nitrogen and oxygen atoms in total. The van der Waals surface area contributed by atoms with Gasteiger partial charge in [-0.15, -0.1) is 24.0 Å². The van der Waals surface area contributed by atoms with Crippen LogP contribution in [0.15, 0.2) is 35.3 Å². The minimum atomic E-state index is -0.502. The summed E-state index contributed by atoms with van der Waals surface area (Å²) in [6.07, 6.45) is 2.39. The zero-order valence-electron chi connectivity index (χ0n) is 19.9. The van der Waals surface area contributed by atoms with Crippen LogP contribution in [0.2, 0.25) is 0 Å². The number of likely N-dealkylation sites (N-methyl/N-ethyl adjacent to an activating group) is 1. The summed E-state index contributed by atoms with van der Waals surface area (Å²) in [5.41, 5.74) is 1.19. The maximum Gasteiger partial charge on any atom is 0.243 e. The molecule has 2 aliphatic heterocycles. The fourth-order valence-electron chi connectivity index (χ4n) is 3.67. The van der Waals surface area contributed by atoms with E-state index in [-0.39, 0.29) is 42.5 Å².